The van der Waals surface area contributed by atoms with Crippen molar-refractivity contribution in [2.75, 3.05) is 13.6 Å². The van der Waals surface area contributed by atoms with Gasteiger partial charge in [-0.15, -0.1) is 0 Å². The maximum atomic E-state index is 12.8. The van der Waals surface area contributed by atoms with Crippen molar-refractivity contribution < 1.29 is 27.7 Å². The van der Waals surface area contributed by atoms with Gasteiger partial charge in [-0.3, -0.25) is 14.9 Å². The standard InChI is InChI=1S/C15H30N2O.C12H11F3N2O3S/c1-5-12(10-17-4)7-13-6-11(2)8-15(3,9-13)14(16)18;13-12(14,15)9-6-8(2-3-10(9)17(19)20)21-16-11(7-18)4-1-5-11/h11-13,17H,5-10H2,1-4H3,(H2,16,18);2-3,6-7,16H,1,4-5H2. The number of hydrogen-bond acceptors (Lipinski definition) is 7. The molecule has 220 valence electrons. The van der Waals surface area contributed by atoms with Gasteiger partial charge in [0, 0.05) is 16.4 Å². The van der Waals surface area contributed by atoms with E-state index in [1.165, 1.54) is 25.3 Å². The molecule has 4 unspecified atom stereocenters. The second-order valence-electron chi connectivity index (χ2n) is 11.4. The third-order valence-corrected chi connectivity index (χ3v) is 8.92. The highest BCUT2D eigenvalue weighted by molar-refractivity contribution is 7.97. The molecule has 0 bridgehead atoms. The molecule has 12 heteroatoms. The minimum absolute atomic E-state index is 0.110. The van der Waals surface area contributed by atoms with E-state index in [4.69, 9.17) is 5.73 Å². The van der Waals surface area contributed by atoms with Gasteiger partial charge in [0.2, 0.25) is 5.91 Å². The van der Waals surface area contributed by atoms with Gasteiger partial charge in [-0.25, -0.2) is 4.72 Å². The molecular formula is C27H41F3N4O4S. The Hall–Kier alpha value is -2.18. The molecule has 8 nitrogen and oxygen atoms in total. The molecule has 1 aromatic rings. The Kier molecular flexibility index (Phi) is 11.8. The van der Waals surface area contributed by atoms with E-state index in [0.717, 1.165) is 56.0 Å². The first-order valence-corrected chi connectivity index (χ1v) is 14.2. The Morgan fingerprint density at radius 1 is 1.33 bits per heavy atom. The molecule has 0 aromatic heterocycles. The first-order chi connectivity index (χ1) is 18.2. The van der Waals surface area contributed by atoms with Crippen molar-refractivity contribution in [2.45, 2.75) is 88.7 Å². The predicted octanol–water partition coefficient (Wildman–Crippen LogP) is 5.88. The number of amides is 1. The molecular weight excluding hydrogens is 533 g/mol. The van der Waals surface area contributed by atoms with Gasteiger partial charge < -0.3 is 15.8 Å². The van der Waals surface area contributed by atoms with E-state index in [2.05, 4.69) is 30.8 Å². The number of benzene rings is 1. The van der Waals surface area contributed by atoms with Crippen molar-refractivity contribution in [3.05, 3.63) is 33.9 Å². The van der Waals surface area contributed by atoms with Gasteiger partial charge in [0.15, 0.2) is 0 Å². The molecule has 2 fully saturated rings. The van der Waals surface area contributed by atoms with Crippen LogP contribution in [0.3, 0.4) is 0 Å². The predicted molar refractivity (Wildman–Crippen MR) is 146 cm³/mol. The van der Waals surface area contributed by atoms with Crippen LogP contribution in [0.5, 0.6) is 0 Å². The van der Waals surface area contributed by atoms with Crippen LogP contribution < -0.4 is 15.8 Å². The molecule has 0 heterocycles. The summed E-state index contributed by atoms with van der Waals surface area (Å²) in [4.78, 5) is 32.4. The quantitative estimate of drug-likeness (QED) is 0.130. The van der Waals surface area contributed by atoms with Crippen LogP contribution in [0, 0.1) is 33.3 Å². The molecule has 2 aliphatic carbocycles. The number of nitrogens with one attached hydrogen (secondary N) is 2. The highest BCUT2D eigenvalue weighted by atomic mass is 32.2. The number of carbonyl (C=O) groups is 2. The number of nitro groups is 1. The molecule has 3 rings (SSSR count). The largest absolute Gasteiger partial charge is 0.423 e. The number of alkyl halides is 3. The summed E-state index contributed by atoms with van der Waals surface area (Å²) in [5.74, 6) is 1.89. The zero-order valence-electron chi connectivity index (χ0n) is 23.1. The van der Waals surface area contributed by atoms with E-state index in [1.807, 2.05) is 7.05 Å². The van der Waals surface area contributed by atoms with E-state index in [1.54, 1.807) is 0 Å². The van der Waals surface area contributed by atoms with E-state index < -0.39 is 27.9 Å². The number of halogens is 3. The maximum absolute atomic E-state index is 12.8. The summed E-state index contributed by atoms with van der Waals surface area (Å²) in [7, 11) is 2.01. The van der Waals surface area contributed by atoms with E-state index >= 15 is 0 Å². The number of hydrogen-bond donors (Lipinski definition) is 3. The lowest BCUT2D eigenvalue weighted by Gasteiger charge is -2.40. The molecule has 0 radical (unpaired) electrons. The van der Waals surface area contributed by atoms with E-state index in [-0.39, 0.29) is 16.2 Å². The highest BCUT2D eigenvalue weighted by Crippen LogP contribution is 2.44. The number of aldehydes is 1. The summed E-state index contributed by atoms with van der Waals surface area (Å²) < 4.78 is 41.3. The van der Waals surface area contributed by atoms with Crippen LogP contribution in [0.15, 0.2) is 23.1 Å². The van der Waals surface area contributed by atoms with Gasteiger partial charge in [0.25, 0.3) is 5.69 Å². The molecule has 1 amide bonds. The Morgan fingerprint density at radius 3 is 2.46 bits per heavy atom. The van der Waals surface area contributed by atoms with Crippen LogP contribution in [0.25, 0.3) is 0 Å². The van der Waals surface area contributed by atoms with Gasteiger partial charge in [-0.2, -0.15) is 13.2 Å². The lowest BCUT2D eigenvalue weighted by Crippen LogP contribution is -2.49. The third kappa shape index (κ3) is 9.18. The van der Waals surface area contributed by atoms with Gasteiger partial charge >= 0.3 is 6.18 Å². The summed E-state index contributed by atoms with van der Waals surface area (Å²) in [6, 6.07) is 2.76. The molecule has 2 saturated carbocycles. The number of primary amides is 1. The molecule has 39 heavy (non-hydrogen) atoms. The molecule has 2 aliphatic rings. The molecule has 4 N–H and O–H groups in total. The topological polar surface area (TPSA) is 127 Å². The second-order valence-corrected chi connectivity index (χ2v) is 12.3. The van der Waals surface area contributed by atoms with Crippen molar-refractivity contribution in [2.24, 2.45) is 28.9 Å². The average Bonchev–Trinajstić information content (AvgIpc) is 2.82. The van der Waals surface area contributed by atoms with Crippen molar-refractivity contribution in [3.63, 3.8) is 0 Å². The SMILES string of the molecule is CCC(CNC)CC1CC(C)CC(C)(C(N)=O)C1.O=CC1(NSc2ccc([N+](=O)[O-])c(C(F)(F)F)c2)CCC1. The first kappa shape index (κ1) is 33.0. The Balaban J connectivity index is 0.000000277. The van der Waals surface area contributed by atoms with Gasteiger partial charge in [-0.1, -0.05) is 27.2 Å². The van der Waals surface area contributed by atoms with Crippen LogP contribution in [0.2, 0.25) is 0 Å². The van der Waals surface area contributed by atoms with E-state index in [9.17, 15) is 32.9 Å². The summed E-state index contributed by atoms with van der Waals surface area (Å²) in [5.41, 5.74) is 2.33. The first-order valence-electron chi connectivity index (χ1n) is 13.4. The van der Waals surface area contributed by atoms with Crippen LogP contribution in [0.1, 0.15) is 77.7 Å². The Morgan fingerprint density at radius 2 is 2.00 bits per heavy atom. The normalized spacial score (nSPS) is 25.0. The van der Waals surface area contributed by atoms with Crippen LogP contribution >= 0.6 is 11.9 Å². The zero-order chi connectivity index (χ0) is 29.4. The lowest BCUT2D eigenvalue weighted by atomic mass is 9.64. The molecule has 1 aromatic carbocycles. The summed E-state index contributed by atoms with van der Waals surface area (Å²) in [6.07, 6.45) is 3.70. The highest BCUT2D eigenvalue weighted by Gasteiger charge is 2.41. The summed E-state index contributed by atoms with van der Waals surface area (Å²) in [5, 5.41) is 13.9. The average molecular weight is 575 g/mol. The zero-order valence-corrected chi connectivity index (χ0v) is 23.9. The Bertz CT molecular complexity index is 1010. The number of rotatable bonds is 11. The van der Waals surface area contributed by atoms with Crippen molar-refractivity contribution in [3.8, 4) is 0 Å². The van der Waals surface area contributed by atoms with Gasteiger partial charge in [0.05, 0.1) is 10.5 Å². The molecule has 0 spiro atoms. The Labute approximate surface area is 232 Å². The minimum atomic E-state index is -4.81. The van der Waals surface area contributed by atoms with Gasteiger partial charge in [0.1, 0.15) is 11.8 Å². The number of nitrogens with two attached hydrogens (primary N) is 1. The monoisotopic (exact) mass is 574 g/mol. The maximum Gasteiger partial charge on any atom is 0.423 e. The van der Waals surface area contributed by atoms with Crippen molar-refractivity contribution >= 4 is 29.8 Å². The van der Waals surface area contributed by atoms with Crippen LogP contribution in [0.4, 0.5) is 18.9 Å². The van der Waals surface area contributed by atoms with E-state index in [0.29, 0.717) is 30.7 Å². The van der Waals surface area contributed by atoms with Crippen LogP contribution in [-0.2, 0) is 15.8 Å². The number of nitro benzene ring substituents is 1. The van der Waals surface area contributed by atoms with Crippen molar-refractivity contribution in [1.82, 2.24) is 10.0 Å². The smallest absolute Gasteiger partial charge is 0.369 e. The lowest BCUT2D eigenvalue weighted by molar-refractivity contribution is -0.388. The third-order valence-electron chi connectivity index (χ3n) is 7.92. The molecule has 0 saturated heterocycles. The minimum Gasteiger partial charge on any atom is -0.369 e. The molecule has 4 atom stereocenters. The van der Waals surface area contributed by atoms with Crippen LogP contribution in [-0.4, -0.2) is 36.2 Å². The fourth-order valence-electron chi connectivity index (χ4n) is 5.69. The number of nitrogens with zero attached hydrogens (tertiary/aromatic N) is 1. The molecule has 0 aliphatic heterocycles. The number of carbonyl (C=O) groups excluding carboxylic acids is 2. The van der Waals surface area contributed by atoms with Crippen molar-refractivity contribution in [1.29, 1.82) is 0 Å². The fourth-order valence-corrected chi connectivity index (χ4v) is 6.57. The fraction of sp³-hybridized carbons (Fsp3) is 0.704. The van der Waals surface area contributed by atoms with Gasteiger partial charge in [-0.05, 0) is 100 Å². The summed E-state index contributed by atoms with van der Waals surface area (Å²) >= 11 is 0.875. The second kappa shape index (κ2) is 13.9. The summed E-state index contributed by atoms with van der Waals surface area (Å²) in [6.45, 7) is 7.64.